The van der Waals surface area contributed by atoms with Gasteiger partial charge in [0.2, 0.25) is 0 Å². The minimum absolute atomic E-state index is 0.624. The lowest BCUT2D eigenvalue weighted by molar-refractivity contribution is 0.518. The second-order valence-corrected chi connectivity index (χ2v) is 3.86. The van der Waals surface area contributed by atoms with Crippen molar-refractivity contribution < 1.29 is 0 Å². The molecule has 1 aliphatic carbocycles. The van der Waals surface area contributed by atoms with Crippen LogP contribution in [0.1, 0.15) is 35.7 Å². The van der Waals surface area contributed by atoms with Crippen LogP contribution in [-0.4, -0.2) is 23.8 Å². The number of aryl methyl sites for hydroxylation is 1. The summed E-state index contributed by atoms with van der Waals surface area (Å²) in [6, 6.07) is 0. The molecule has 3 heteroatoms. The lowest BCUT2D eigenvalue weighted by Crippen LogP contribution is -2.21. The number of fused-ring (bicyclic) bond motifs is 1. The van der Waals surface area contributed by atoms with Crippen molar-refractivity contribution in [3.63, 3.8) is 0 Å². The Morgan fingerprint density at radius 3 is 3.23 bits per heavy atom. The Kier molecular flexibility index (Phi) is 2.36. The van der Waals surface area contributed by atoms with Gasteiger partial charge in [-0.15, -0.1) is 0 Å². The highest BCUT2D eigenvalue weighted by Crippen LogP contribution is 2.30. The summed E-state index contributed by atoms with van der Waals surface area (Å²) in [5.41, 5.74) is 4.03. The summed E-state index contributed by atoms with van der Waals surface area (Å²) in [6.07, 6.45) is 3.79. The maximum Gasteiger partial charge on any atom is 0.0700 e. The largest absolute Gasteiger partial charge is 0.319 e. The summed E-state index contributed by atoms with van der Waals surface area (Å²) in [4.78, 5) is 0. The molecule has 2 N–H and O–H groups in total. The Bertz CT molecular complexity index is 290. The molecule has 0 aliphatic heterocycles. The highest BCUT2D eigenvalue weighted by molar-refractivity contribution is 5.29. The Morgan fingerprint density at radius 1 is 1.62 bits per heavy atom. The van der Waals surface area contributed by atoms with Crippen molar-refractivity contribution in [3.8, 4) is 0 Å². The molecular weight excluding hydrogens is 162 g/mol. The van der Waals surface area contributed by atoms with E-state index in [1.54, 1.807) is 0 Å². The number of nitrogens with zero attached hydrogens (tertiary/aromatic N) is 1. The Labute approximate surface area is 78.9 Å². The molecule has 13 heavy (non-hydrogen) atoms. The van der Waals surface area contributed by atoms with Crippen molar-refractivity contribution in [3.05, 3.63) is 17.0 Å². The van der Waals surface area contributed by atoms with Gasteiger partial charge < -0.3 is 5.32 Å². The van der Waals surface area contributed by atoms with E-state index in [4.69, 9.17) is 0 Å². The van der Waals surface area contributed by atoms with Crippen LogP contribution in [0.15, 0.2) is 0 Å². The van der Waals surface area contributed by atoms with Crippen LogP contribution in [0, 0.1) is 6.92 Å². The molecule has 0 spiro atoms. The standard InChI is InChI=1S/C10H17N3/c1-7-9-5-3-4-8(6-11-2)10(9)13-12-7/h8,11H,3-6H2,1-2H3,(H,12,13). The van der Waals surface area contributed by atoms with Gasteiger partial charge in [0.1, 0.15) is 0 Å². The summed E-state index contributed by atoms with van der Waals surface area (Å²) < 4.78 is 0. The van der Waals surface area contributed by atoms with Crippen molar-refractivity contribution in [2.24, 2.45) is 0 Å². The van der Waals surface area contributed by atoms with Crippen molar-refractivity contribution in [2.45, 2.75) is 32.1 Å². The van der Waals surface area contributed by atoms with Crippen molar-refractivity contribution in [2.75, 3.05) is 13.6 Å². The fraction of sp³-hybridized carbons (Fsp3) is 0.700. The predicted octanol–water partition coefficient (Wildman–Crippen LogP) is 1.36. The maximum atomic E-state index is 4.39. The Morgan fingerprint density at radius 2 is 2.46 bits per heavy atom. The van der Waals surface area contributed by atoms with E-state index in [2.05, 4.69) is 22.4 Å². The van der Waals surface area contributed by atoms with E-state index in [-0.39, 0.29) is 0 Å². The van der Waals surface area contributed by atoms with Gasteiger partial charge in [-0.05, 0) is 38.8 Å². The quantitative estimate of drug-likeness (QED) is 0.719. The highest BCUT2D eigenvalue weighted by Gasteiger charge is 2.23. The first-order chi connectivity index (χ1) is 6.33. The zero-order valence-electron chi connectivity index (χ0n) is 8.35. The topological polar surface area (TPSA) is 40.7 Å². The highest BCUT2D eigenvalue weighted by atomic mass is 15.1. The molecule has 1 atom stereocenters. The molecule has 1 unspecified atom stereocenters. The first kappa shape index (κ1) is 8.75. The lowest BCUT2D eigenvalue weighted by Gasteiger charge is -2.20. The molecule has 2 rings (SSSR count). The van der Waals surface area contributed by atoms with E-state index in [1.807, 2.05) is 7.05 Å². The fourth-order valence-corrected chi connectivity index (χ4v) is 2.23. The van der Waals surface area contributed by atoms with Crippen LogP contribution in [0.3, 0.4) is 0 Å². The van der Waals surface area contributed by atoms with E-state index in [0.717, 1.165) is 6.54 Å². The van der Waals surface area contributed by atoms with Crippen LogP contribution >= 0.6 is 0 Å². The molecule has 0 bridgehead atoms. The van der Waals surface area contributed by atoms with Gasteiger partial charge in [0.15, 0.2) is 0 Å². The number of hydrogen-bond donors (Lipinski definition) is 2. The van der Waals surface area contributed by atoms with E-state index >= 15 is 0 Å². The minimum Gasteiger partial charge on any atom is -0.319 e. The molecule has 0 saturated heterocycles. The zero-order chi connectivity index (χ0) is 9.26. The molecule has 3 nitrogen and oxygen atoms in total. The summed E-state index contributed by atoms with van der Waals surface area (Å²) in [6.45, 7) is 3.17. The average molecular weight is 179 g/mol. The van der Waals surface area contributed by atoms with E-state index < -0.39 is 0 Å². The third-order valence-corrected chi connectivity index (χ3v) is 2.92. The zero-order valence-corrected chi connectivity index (χ0v) is 8.35. The molecule has 1 aromatic heterocycles. The number of hydrogen-bond acceptors (Lipinski definition) is 2. The SMILES string of the molecule is CNCC1CCCc2c1n[nH]c2C. The van der Waals surface area contributed by atoms with Gasteiger partial charge in [-0.3, -0.25) is 5.10 Å². The van der Waals surface area contributed by atoms with Gasteiger partial charge in [0.05, 0.1) is 5.69 Å². The van der Waals surface area contributed by atoms with Crippen LogP contribution < -0.4 is 5.32 Å². The van der Waals surface area contributed by atoms with Crippen LogP contribution in [0.5, 0.6) is 0 Å². The molecular formula is C10H17N3. The van der Waals surface area contributed by atoms with Gasteiger partial charge in [-0.25, -0.2) is 0 Å². The minimum atomic E-state index is 0.624. The number of aromatic amines is 1. The van der Waals surface area contributed by atoms with Gasteiger partial charge in [-0.1, -0.05) is 0 Å². The molecule has 1 aliphatic rings. The van der Waals surface area contributed by atoms with Crippen LogP contribution in [-0.2, 0) is 6.42 Å². The van der Waals surface area contributed by atoms with E-state index in [0.29, 0.717) is 5.92 Å². The van der Waals surface area contributed by atoms with Crippen LogP contribution in [0.4, 0.5) is 0 Å². The third-order valence-electron chi connectivity index (χ3n) is 2.92. The van der Waals surface area contributed by atoms with Crippen LogP contribution in [0.2, 0.25) is 0 Å². The van der Waals surface area contributed by atoms with Crippen LogP contribution in [0.25, 0.3) is 0 Å². The van der Waals surface area contributed by atoms with Crippen molar-refractivity contribution in [1.29, 1.82) is 0 Å². The summed E-state index contributed by atoms with van der Waals surface area (Å²) in [5, 5.41) is 10.7. The molecule has 1 aromatic rings. The first-order valence-electron chi connectivity index (χ1n) is 5.01. The van der Waals surface area contributed by atoms with Gasteiger partial charge in [-0.2, -0.15) is 5.10 Å². The average Bonchev–Trinajstić information content (AvgIpc) is 2.50. The van der Waals surface area contributed by atoms with Gasteiger partial charge >= 0.3 is 0 Å². The van der Waals surface area contributed by atoms with E-state index in [9.17, 15) is 0 Å². The molecule has 1 heterocycles. The summed E-state index contributed by atoms with van der Waals surface area (Å²) >= 11 is 0. The number of likely N-dealkylation sites (N-methyl/N-ethyl adjacent to an activating group) is 1. The smallest absolute Gasteiger partial charge is 0.0700 e. The molecule has 0 fully saturated rings. The Hall–Kier alpha value is -0.830. The third kappa shape index (κ3) is 1.48. The molecule has 72 valence electrons. The van der Waals surface area contributed by atoms with Crippen molar-refractivity contribution >= 4 is 0 Å². The second kappa shape index (κ2) is 3.50. The monoisotopic (exact) mass is 179 g/mol. The Balaban J connectivity index is 2.27. The molecule has 0 saturated carbocycles. The summed E-state index contributed by atoms with van der Waals surface area (Å²) in [5.74, 6) is 0.624. The predicted molar refractivity (Wildman–Crippen MR) is 52.9 cm³/mol. The maximum absolute atomic E-state index is 4.39. The summed E-state index contributed by atoms with van der Waals surface area (Å²) in [7, 11) is 2.01. The molecule has 0 radical (unpaired) electrons. The number of rotatable bonds is 2. The number of nitrogens with one attached hydrogen (secondary N) is 2. The number of aromatic nitrogens is 2. The van der Waals surface area contributed by atoms with E-state index in [1.165, 1.54) is 36.2 Å². The van der Waals surface area contributed by atoms with Gasteiger partial charge in [0, 0.05) is 18.2 Å². The molecule has 0 aromatic carbocycles. The molecule has 0 amide bonds. The van der Waals surface area contributed by atoms with Crippen molar-refractivity contribution in [1.82, 2.24) is 15.5 Å². The first-order valence-corrected chi connectivity index (χ1v) is 5.01. The normalized spacial score (nSPS) is 21.5. The second-order valence-electron chi connectivity index (χ2n) is 3.86. The lowest BCUT2D eigenvalue weighted by atomic mass is 9.87. The fourth-order valence-electron chi connectivity index (χ4n) is 2.23. The van der Waals surface area contributed by atoms with Gasteiger partial charge in [0.25, 0.3) is 0 Å². The number of H-pyrrole nitrogens is 1.